The molecular weight excluding hydrogens is 340 g/mol. The van der Waals surface area contributed by atoms with Crippen molar-refractivity contribution in [1.29, 1.82) is 0 Å². The molecule has 7 heteroatoms. The topological polar surface area (TPSA) is 51.0 Å². The Hall–Kier alpha value is -1.34. The minimum absolute atomic E-state index is 0.215. The van der Waals surface area contributed by atoms with Gasteiger partial charge < -0.3 is 9.47 Å². The molecule has 130 valence electrons. The predicted molar refractivity (Wildman–Crippen MR) is 98.4 cm³/mol. The van der Waals surface area contributed by atoms with Crippen LogP contribution in [0.5, 0.6) is 0 Å². The maximum atomic E-state index is 12.6. The van der Waals surface area contributed by atoms with Crippen molar-refractivity contribution in [3.63, 3.8) is 0 Å². The molecule has 1 aliphatic heterocycles. The standard InChI is InChI=1S/C17H24N4OS2/c1-13-5-3-6-14(2)21(13)16(22)11-24-17-19-18-12-20(17)9-8-15-7-4-10-23-15/h4,7,10,12-14H,3,5-6,8-9,11H2,1-2H3. The fraction of sp³-hybridized carbons (Fsp3) is 0.588. The van der Waals surface area contributed by atoms with Crippen molar-refractivity contribution in [3.8, 4) is 0 Å². The van der Waals surface area contributed by atoms with Gasteiger partial charge in [-0.15, -0.1) is 21.5 Å². The summed E-state index contributed by atoms with van der Waals surface area (Å²) in [6.45, 7) is 5.16. The zero-order valence-electron chi connectivity index (χ0n) is 14.2. The summed E-state index contributed by atoms with van der Waals surface area (Å²) in [4.78, 5) is 16.0. The molecule has 1 fully saturated rings. The van der Waals surface area contributed by atoms with Crippen molar-refractivity contribution >= 4 is 29.0 Å². The van der Waals surface area contributed by atoms with E-state index in [2.05, 4.69) is 46.5 Å². The highest BCUT2D eigenvalue weighted by Gasteiger charge is 2.28. The molecule has 1 amide bonds. The van der Waals surface area contributed by atoms with Crippen LogP contribution in [0.2, 0.25) is 0 Å². The number of nitrogens with zero attached hydrogens (tertiary/aromatic N) is 4. The summed E-state index contributed by atoms with van der Waals surface area (Å²) in [6, 6.07) is 4.91. The van der Waals surface area contributed by atoms with Crippen LogP contribution in [0.25, 0.3) is 0 Å². The van der Waals surface area contributed by atoms with Gasteiger partial charge in [0.25, 0.3) is 0 Å². The molecule has 1 aliphatic rings. The number of thiophene rings is 1. The minimum Gasteiger partial charge on any atom is -0.337 e. The number of aryl methyl sites for hydroxylation is 2. The lowest BCUT2D eigenvalue weighted by Gasteiger charge is -2.39. The van der Waals surface area contributed by atoms with Crippen molar-refractivity contribution in [2.45, 2.75) is 63.3 Å². The molecule has 3 heterocycles. The Balaban J connectivity index is 1.55. The Kier molecular flexibility index (Phi) is 5.94. The van der Waals surface area contributed by atoms with Crippen molar-refractivity contribution in [1.82, 2.24) is 19.7 Å². The summed E-state index contributed by atoms with van der Waals surface area (Å²) in [5, 5.41) is 11.1. The first-order chi connectivity index (χ1) is 11.6. The van der Waals surface area contributed by atoms with E-state index in [0.29, 0.717) is 17.8 Å². The van der Waals surface area contributed by atoms with Gasteiger partial charge in [-0.2, -0.15) is 0 Å². The first kappa shape index (κ1) is 17.5. The van der Waals surface area contributed by atoms with Crippen molar-refractivity contribution in [2.75, 3.05) is 5.75 Å². The second-order valence-electron chi connectivity index (χ2n) is 6.35. The number of piperidine rings is 1. The lowest BCUT2D eigenvalue weighted by atomic mass is 9.98. The molecule has 0 N–H and O–H groups in total. The van der Waals surface area contributed by atoms with Crippen LogP contribution >= 0.6 is 23.1 Å². The normalized spacial score (nSPS) is 21.2. The fourth-order valence-electron chi connectivity index (χ4n) is 3.31. The average Bonchev–Trinajstić information content (AvgIpc) is 3.22. The van der Waals surface area contributed by atoms with Gasteiger partial charge in [0.05, 0.1) is 5.75 Å². The molecule has 5 nitrogen and oxygen atoms in total. The van der Waals surface area contributed by atoms with Crippen LogP contribution in [-0.4, -0.2) is 43.4 Å². The number of carbonyl (C=O) groups is 1. The van der Waals surface area contributed by atoms with Crippen LogP contribution in [0.15, 0.2) is 29.0 Å². The fourth-order valence-corrected chi connectivity index (χ4v) is 4.82. The molecule has 0 bridgehead atoms. The summed E-state index contributed by atoms with van der Waals surface area (Å²) < 4.78 is 2.04. The SMILES string of the molecule is CC1CCCC(C)N1C(=O)CSc1nncn1CCc1cccs1. The minimum atomic E-state index is 0.215. The number of amides is 1. The number of likely N-dealkylation sites (tertiary alicyclic amines) is 1. The highest BCUT2D eigenvalue weighted by molar-refractivity contribution is 7.99. The van der Waals surface area contributed by atoms with Crippen LogP contribution in [0, 0.1) is 0 Å². The molecule has 3 rings (SSSR count). The number of thioether (sulfide) groups is 1. The maximum Gasteiger partial charge on any atom is 0.233 e. The van der Waals surface area contributed by atoms with E-state index in [-0.39, 0.29) is 5.91 Å². The summed E-state index contributed by atoms with van der Waals surface area (Å²) >= 11 is 3.26. The Bertz CT molecular complexity index is 645. The van der Waals surface area contributed by atoms with E-state index in [9.17, 15) is 4.79 Å². The van der Waals surface area contributed by atoms with Crippen LogP contribution < -0.4 is 0 Å². The third-order valence-electron chi connectivity index (χ3n) is 4.57. The van der Waals surface area contributed by atoms with Gasteiger partial charge in [0.2, 0.25) is 5.91 Å². The van der Waals surface area contributed by atoms with Crippen LogP contribution in [0.4, 0.5) is 0 Å². The van der Waals surface area contributed by atoms with E-state index < -0.39 is 0 Å². The first-order valence-electron chi connectivity index (χ1n) is 8.49. The summed E-state index contributed by atoms with van der Waals surface area (Å²) in [7, 11) is 0. The monoisotopic (exact) mass is 364 g/mol. The van der Waals surface area contributed by atoms with Crippen molar-refractivity contribution < 1.29 is 4.79 Å². The van der Waals surface area contributed by atoms with Gasteiger partial charge >= 0.3 is 0 Å². The van der Waals surface area contributed by atoms with E-state index in [1.54, 1.807) is 17.7 Å². The molecule has 0 spiro atoms. The quantitative estimate of drug-likeness (QED) is 0.737. The molecule has 24 heavy (non-hydrogen) atoms. The number of rotatable bonds is 6. The van der Waals surface area contributed by atoms with E-state index in [1.807, 2.05) is 4.57 Å². The lowest BCUT2D eigenvalue weighted by Crippen LogP contribution is -2.48. The predicted octanol–water partition coefficient (Wildman–Crippen LogP) is 3.46. The van der Waals surface area contributed by atoms with E-state index in [4.69, 9.17) is 0 Å². The van der Waals surface area contributed by atoms with E-state index in [0.717, 1.165) is 31.0 Å². The molecule has 2 unspecified atom stereocenters. The van der Waals surface area contributed by atoms with Crippen LogP contribution in [0.3, 0.4) is 0 Å². The third-order valence-corrected chi connectivity index (χ3v) is 6.47. The number of aromatic nitrogens is 3. The molecule has 0 aromatic carbocycles. The second kappa shape index (κ2) is 8.16. The molecule has 1 saturated heterocycles. The molecule has 2 aromatic heterocycles. The van der Waals surface area contributed by atoms with Gasteiger partial charge in [0, 0.05) is 23.5 Å². The molecular formula is C17H24N4OS2. The van der Waals surface area contributed by atoms with Gasteiger partial charge in [0.15, 0.2) is 5.16 Å². The third kappa shape index (κ3) is 4.19. The highest BCUT2D eigenvalue weighted by atomic mass is 32.2. The summed E-state index contributed by atoms with van der Waals surface area (Å²) in [5.41, 5.74) is 0. The van der Waals surface area contributed by atoms with Gasteiger partial charge in [0.1, 0.15) is 6.33 Å². The zero-order valence-corrected chi connectivity index (χ0v) is 15.9. The Morgan fingerprint density at radius 3 is 2.88 bits per heavy atom. The van der Waals surface area contributed by atoms with E-state index in [1.165, 1.54) is 23.1 Å². The Morgan fingerprint density at radius 1 is 1.38 bits per heavy atom. The van der Waals surface area contributed by atoms with Crippen molar-refractivity contribution in [3.05, 3.63) is 28.7 Å². The molecule has 2 atom stereocenters. The van der Waals surface area contributed by atoms with E-state index >= 15 is 0 Å². The Labute approximate surface area is 151 Å². The molecule has 0 aliphatic carbocycles. The second-order valence-corrected chi connectivity index (χ2v) is 8.33. The molecule has 0 saturated carbocycles. The smallest absolute Gasteiger partial charge is 0.233 e. The Morgan fingerprint density at radius 2 is 2.17 bits per heavy atom. The number of carbonyl (C=O) groups excluding carboxylic acids is 1. The zero-order chi connectivity index (χ0) is 16.9. The van der Waals surface area contributed by atoms with Gasteiger partial charge in [-0.05, 0) is 51.0 Å². The maximum absolute atomic E-state index is 12.6. The average molecular weight is 365 g/mol. The van der Waals surface area contributed by atoms with Crippen LogP contribution in [0.1, 0.15) is 38.0 Å². The summed E-state index contributed by atoms with van der Waals surface area (Å²) in [6.07, 6.45) is 6.16. The highest BCUT2D eigenvalue weighted by Crippen LogP contribution is 2.25. The number of hydrogen-bond acceptors (Lipinski definition) is 5. The largest absolute Gasteiger partial charge is 0.337 e. The molecule has 2 aromatic rings. The number of hydrogen-bond donors (Lipinski definition) is 0. The van der Waals surface area contributed by atoms with Crippen LogP contribution in [-0.2, 0) is 17.8 Å². The summed E-state index contributed by atoms with van der Waals surface area (Å²) in [5.74, 6) is 0.652. The van der Waals surface area contributed by atoms with Gasteiger partial charge in [-0.3, -0.25) is 4.79 Å². The first-order valence-corrected chi connectivity index (χ1v) is 10.4. The van der Waals surface area contributed by atoms with Gasteiger partial charge in [-0.1, -0.05) is 17.8 Å². The van der Waals surface area contributed by atoms with Gasteiger partial charge in [-0.25, -0.2) is 0 Å². The van der Waals surface area contributed by atoms with Crippen molar-refractivity contribution in [2.24, 2.45) is 0 Å². The molecule has 0 radical (unpaired) electrons. The lowest BCUT2D eigenvalue weighted by molar-refractivity contribution is -0.134.